The number of rotatable bonds is 5. The van der Waals surface area contributed by atoms with Crippen LogP contribution in [0.25, 0.3) is 10.2 Å². The third-order valence-corrected chi connectivity index (χ3v) is 7.25. The van der Waals surface area contributed by atoms with Crippen molar-refractivity contribution in [2.45, 2.75) is 50.9 Å². The topological polar surface area (TPSA) is 52.5 Å². The number of aryl methyl sites for hydroxylation is 2. The van der Waals surface area contributed by atoms with Gasteiger partial charge in [0, 0.05) is 50.1 Å². The van der Waals surface area contributed by atoms with E-state index >= 15 is 0 Å². The molecule has 0 bridgehead atoms. The fourth-order valence-electron chi connectivity index (χ4n) is 4.38. The van der Waals surface area contributed by atoms with Crippen LogP contribution in [0.2, 0.25) is 0 Å². The largest absolute Gasteiger partial charge is 0.396 e. The zero-order valence-corrected chi connectivity index (χ0v) is 16.2. The molecule has 3 heterocycles. The van der Waals surface area contributed by atoms with Crippen LogP contribution in [0.1, 0.15) is 54.3 Å². The quantitative estimate of drug-likeness (QED) is 0.874. The molecule has 1 saturated carbocycles. The van der Waals surface area contributed by atoms with Gasteiger partial charge < -0.3 is 10.0 Å². The number of fused-ring (bicyclic) bond motifs is 3. The molecule has 0 radical (unpaired) electrons. The minimum Gasteiger partial charge on any atom is -0.396 e. The molecule has 5 nitrogen and oxygen atoms in total. The molecule has 1 N–H and O–H groups in total. The predicted octanol–water partition coefficient (Wildman–Crippen LogP) is 2.95. The summed E-state index contributed by atoms with van der Waals surface area (Å²) in [7, 11) is 0. The average molecular weight is 373 g/mol. The highest BCUT2D eigenvalue weighted by Crippen LogP contribution is 2.44. The molecule has 2 fully saturated rings. The first-order chi connectivity index (χ1) is 12.8. The normalized spacial score (nSPS) is 21.3. The summed E-state index contributed by atoms with van der Waals surface area (Å²) in [5, 5.41) is 10.4. The Hall–Kier alpha value is -1.24. The van der Waals surface area contributed by atoms with Gasteiger partial charge in [-0.25, -0.2) is 9.97 Å². The van der Waals surface area contributed by atoms with Gasteiger partial charge in [-0.3, -0.25) is 4.90 Å². The highest BCUT2D eigenvalue weighted by Gasteiger charge is 2.31. The van der Waals surface area contributed by atoms with Crippen molar-refractivity contribution in [3.63, 3.8) is 0 Å². The van der Waals surface area contributed by atoms with Crippen LogP contribution in [0, 0.1) is 0 Å². The van der Waals surface area contributed by atoms with Crippen LogP contribution in [0.5, 0.6) is 0 Å². The first kappa shape index (κ1) is 16.9. The second kappa shape index (κ2) is 7.06. The Bertz CT molecular complexity index is 793. The molecule has 1 aliphatic heterocycles. The second-order valence-corrected chi connectivity index (χ2v) is 9.06. The van der Waals surface area contributed by atoms with E-state index in [1.807, 2.05) is 11.3 Å². The molecule has 140 valence electrons. The highest BCUT2D eigenvalue weighted by molar-refractivity contribution is 7.19. The molecule has 6 heteroatoms. The van der Waals surface area contributed by atoms with E-state index in [9.17, 15) is 0 Å². The zero-order chi connectivity index (χ0) is 17.5. The van der Waals surface area contributed by atoms with E-state index in [1.54, 1.807) is 10.4 Å². The van der Waals surface area contributed by atoms with Crippen LogP contribution in [-0.2, 0) is 12.8 Å². The lowest BCUT2D eigenvalue weighted by atomic mass is 9.97. The Labute approximate surface area is 159 Å². The Balaban J connectivity index is 1.48. The maximum atomic E-state index is 9.07. The summed E-state index contributed by atoms with van der Waals surface area (Å²) in [6, 6.07) is 0. The Kier molecular flexibility index (Phi) is 4.59. The third-order valence-electron chi connectivity index (χ3n) is 6.06. The van der Waals surface area contributed by atoms with Gasteiger partial charge in [0.1, 0.15) is 16.5 Å². The standard InChI is InChI=1S/C20H28N4OS/c25-13-3-8-23-9-11-24(12-10-23)19-17-15-4-1-2-5-16(15)26-20(17)22-18(21-19)14-6-7-14/h14,25H,1-13H2. The van der Waals surface area contributed by atoms with Crippen molar-refractivity contribution >= 4 is 27.4 Å². The molecule has 26 heavy (non-hydrogen) atoms. The summed E-state index contributed by atoms with van der Waals surface area (Å²) in [6.45, 7) is 5.49. The van der Waals surface area contributed by atoms with Gasteiger partial charge in [-0.05, 0) is 50.5 Å². The van der Waals surface area contributed by atoms with Gasteiger partial charge in [-0.2, -0.15) is 0 Å². The summed E-state index contributed by atoms with van der Waals surface area (Å²) in [5.74, 6) is 2.91. The zero-order valence-electron chi connectivity index (χ0n) is 15.4. The Morgan fingerprint density at radius 3 is 2.62 bits per heavy atom. The SMILES string of the molecule is OCCCN1CCN(c2nc(C3CC3)nc3sc4c(c23)CCCC4)CC1. The van der Waals surface area contributed by atoms with E-state index in [-0.39, 0.29) is 0 Å². The van der Waals surface area contributed by atoms with Crippen LogP contribution >= 0.6 is 11.3 Å². The molecule has 2 aromatic rings. The van der Waals surface area contributed by atoms with Crippen molar-refractivity contribution in [1.82, 2.24) is 14.9 Å². The van der Waals surface area contributed by atoms with Gasteiger partial charge in [0.15, 0.2) is 0 Å². The van der Waals surface area contributed by atoms with Crippen LogP contribution in [0.15, 0.2) is 0 Å². The number of hydrogen-bond donors (Lipinski definition) is 1. The summed E-state index contributed by atoms with van der Waals surface area (Å²) in [4.78, 5) is 17.9. The van der Waals surface area contributed by atoms with Gasteiger partial charge in [0.25, 0.3) is 0 Å². The molecule has 0 spiro atoms. The summed E-state index contributed by atoms with van der Waals surface area (Å²) >= 11 is 1.93. The lowest BCUT2D eigenvalue weighted by Crippen LogP contribution is -2.47. The Morgan fingerprint density at radius 2 is 1.85 bits per heavy atom. The van der Waals surface area contributed by atoms with Crippen LogP contribution in [0.4, 0.5) is 5.82 Å². The number of nitrogens with zero attached hydrogens (tertiary/aromatic N) is 4. The van der Waals surface area contributed by atoms with E-state index in [2.05, 4.69) is 9.80 Å². The number of aliphatic hydroxyl groups is 1. The molecule has 2 aromatic heterocycles. The molecule has 3 aliphatic rings. The van der Waals surface area contributed by atoms with Gasteiger partial charge in [-0.15, -0.1) is 11.3 Å². The molecular formula is C20H28N4OS. The van der Waals surface area contributed by atoms with Crippen molar-refractivity contribution in [3.05, 3.63) is 16.3 Å². The van der Waals surface area contributed by atoms with E-state index < -0.39 is 0 Å². The molecule has 0 unspecified atom stereocenters. The van der Waals surface area contributed by atoms with Gasteiger partial charge in [-0.1, -0.05) is 0 Å². The average Bonchev–Trinajstić information content (AvgIpc) is 3.46. The van der Waals surface area contributed by atoms with Gasteiger partial charge in [0.2, 0.25) is 0 Å². The van der Waals surface area contributed by atoms with E-state index in [1.165, 1.54) is 54.6 Å². The lowest BCUT2D eigenvalue weighted by molar-refractivity contribution is 0.215. The van der Waals surface area contributed by atoms with Crippen molar-refractivity contribution in [2.75, 3.05) is 44.2 Å². The van der Waals surface area contributed by atoms with Crippen molar-refractivity contribution in [2.24, 2.45) is 0 Å². The van der Waals surface area contributed by atoms with Gasteiger partial charge in [0.05, 0.1) is 5.39 Å². The van der Waals surface area contributed by atoms with Crippen LogP contribution in [-0.4, -0.2) is 59.3 Å². The summed E-state index contributed by atoms with van der Waals surface area (Å²) in [6.07, 6.45) is 8.44. The minimum atomic E-state index is 0.290. The predicted molar refractivity (Wildman–Crippen MR) is 106 cm³/mol. The minimum absolute atomic E-state index is 0.290. The molecule has 5 rings (SSSR count). The fraction of sp³-hybridized carbons (Fsp3) is 0.700. The highest BCUT2D eigenvalue weighted by atomic mass is 32.1. The van der Waals surface area contributed by atoms with Crippen molar-refractivity contribution in [1.29, 1.82) is 0 Å². The van der Waals surface area contributed by atoms with Crippen molar-refractivity contribution in [3.8, 4) is 0 Å². The maximum Gasteiger partial charge on any atom is 0.141 e. The number of aromatic nitrogens is 2. The summed E-state index contributed by atoms with van der Waals surface area (Å²) in [5.41, 5.74) is 1.55. The molecule has 0 atom stereocenters. The van der Waals surface area contributed by atoms with E-state index in [0.29, 0.717) is 12.5 Å². The third kappa shape index (κ3) is 3.12. The number of piperazine rings is 1. The number of hydrogen-bond acceptors (Lipinski definition) is 6. The van der Waals surface area contributed by atoms with Crippen LogP contribution in [0.3, 0.4) is 0 Å². The van der Waals surface area contributed by atoms with E-state index in [0.717, 1.165) is 45.0 Å². The molecule has 2 aliphatic carbocycles. The smallest absolute Gasteiger partial charge is 0.141 e. The summed E-state index contributed by atoms with van der Waals surface area (Å²) < 4.78 is 0. The lowest BCUT2D eigenvalue weighted by Gasteiger charge is -2.36. The molecular weight excluding hydrogens is 344 g/mol. The number of aliphatic hydroxyl groups excluding tert-OH is 1. The van der Waals surface area contributed by atoms with Crippen molar-refractivity contribution < 1.29 is 5.11 Å². The fourth-order valence-corrected chi connectivity index (χ4v) is 5.65. The Morgan fingerprint density at radius 1 is 1.04 bits per heavy atom. The number of thiophene rings is 1. The number of anilines is 1. The van der Waals surface area contributed by atoms with E-state index in [4.69, 9.17) is 15.1 Å². The monoisotopic (exact) mass is 372 g/mol. The van der Waals surface area contributed by atoms with Crippen LogP contribution < -0.4 is 4.90 Å². The molecule has 0 amide bonds. The second-order valence-electron chi connectivity index (χ2n) is 7.98. The first-order valence-corrected chi connectivity index (χ1v) is 11.1. The molecule has 1 saturated heterocycles. The van der Waals surface area contributed by atoms with Gasteiger partial charge >= 0.3 is 0 Å². The maximum absolute atomic E-state index is 9.07. The molecule has 0 aromatic carbocycles. The first-order valence-electron chi connectivity index (χ1n) is 10.2.